The molecule has 1 saturated heterocycles. The fourth-order valence-electron chi connectivity index (χ4n) is 2.92. The monoisotopic (exact) mass is 261 g/mol. The zero-order valence-corrected chi connectivity index (χ0v) is 12.8. The highest BCUT2D eigenvalue weighted by Crippen LogP contribution is 2.32. The predicted molar refractivity (Wildman–Crippen MR) is 80.6 cm³/mol. The first-order chi connectivity index (χ1) is 8.95. The second kappa shape index (κ2) is 5.64. The quantitative estimate of drug-likeness (QED) is 0.899. The molecule has 1 aromatic rings. The van der Waals surface area contributed by atoms with Gasteiger partial charge in [0.2, 0.25) is 0 Å². The molecule has 2 heteroatoms. The Bertz CT molecular complexity index is 396. The van der Waals surface area contributed by atoms with Gasteiger partial charge >= 0.3 is 0 Å². The average molecular weight is 261 g/mol. The van der Waals surface area contributed by atoms with Gasteiger partial charge in [-0.05, 0) is 36.4 Å². The standard InChI is InChI=1S/C17H27NO/c1-16(2,3)15-7-5-14(6-8-15)11-17(12-18-4)9-10-19-13-17/h5-8,18H,9-13H2,1-4H3. The van der Waals surface area contributed by atoms with Gasteiger partial charge in [-0.25, -0.2) is 0 Å². The summed E-state index contributed by atoms with van der Waals surface area (Å²) in [6.45, 7) is 9.60. The molecule has 0 bridgehead atoms. The molecule has 106 valence electrons. The van der Waals surface area contributed by atoms with Crippen LogP contribution in [0.25, 0.3) is 0 Å². The minimum Gasteiger partial charge on any atom is -0.381 e. The van der Waals surface area contributed by atoms with Gasteiger partial charge in [0.25, 0.3) is 0 Å². The molecule has 1 unspecified atom stereocenters. The number of ether oxygens (including phenoxy) is 1. The molecule has 2 rings (SSSR count). The van der Waals surface area contributed by atoms with E-state index in [0.717, 1.165) is 32.6 Å². The molecule has 1 N–H and O–H groups in total. The maximum atomic E-state index is 5.62. The molecule has 1 aromatic carbocycles. The molecule has 0 aliphatic carbocycles. The molecule has 0 radical (unpaired) electrons. The van der Waals surface area contributed by atoms with E-state index < -0.39 is 0 Å². The van der Waals surface area contributed by atoms with Crippen molar-refractivity contribution in [3.63, 3.8) is 0 Å². The Morgan fingerprint density at radius 3 is 2.37 bits per heavy atom. The van der Waals surface area contributed by atoms with Gasteiger partial charge in [-0.3, -0.25) is 0 Å². The second-order valence-electron chi connectivity index (χ2n) is 6.96. The van der Waals surface area contributed by atoms with Crippen molar-refractivity contribution in [3.05, 3.63) is 35.4 Å². The Kier molecular flexibility index (Phi) is 4.32. The molecule has 0 aromatic heterocycles. The van der Waals surface area contributed by atoms with Crippen LogP contribution in [0.3, 0.4) is 0 Å². The lowest BCUT2D eigenvalue weighted by Crippen LogP contribution is -2.35. The summed E-state index contributed by atoms with van der Waals surface area (Å²) in [5.41, 5.74) is 3.35. The number of rotatable bonds is 4. The van der Waals surface area contributed by atoms with E-state index in [1.165, 1.54) is 11.1 Å². The fourth-order valence-corrected chi connectivity index (χ4v) is 2.92. The Hall–Kier alpha value is -0.860. The van der Waals surface area contributed by atoms with E-state index in [2.05, 4.69) is 50.4 Å². The summed E-state index contributed by atoms with van der Waals surface area (Å²) < 4.78 is 5.62. The number of benzene rings is 1. The van der Waals surface area contributed by atoms with Gasteiger partial charge in [-0.1, -0.05) is 45.0 Å². The second-order valence-corrected chi connectivity index (χ2v) is 6.96. The van der Waals surface area contributed by atoms with Gasteiger partial charge in [0.1, 0.15) is 0 Å². The zero-order chi connectivity index (χ0) is 13.9. The van der Waals surface area contributed by atoms with Crippen molar-refractivity contribution in [1.82, 2.24) is 5.32 Å². The summed E-state index contributed by atoms with van der Waals surface area (Å²) in [5.74, 6) is 0. The van der Waals surface area contributed by atoms with Crippen LogP contribution in [0.15, 0.2) is 24.3 Å². The van der Waals surface area contributed by atoms with Gasteiger partial charge in [-0.2, -0.15) is 0 Å². The molecule has 0 saturated carbocycles. The van der Waals surface area contributed by atoms with E-state index in [1.54, 1.807) is 0 Å². The van der Waals surface area contributed by atoms with E-state index in [9.17, 15) is 0 Å². The van der Waals surface area contributed by atoms with Gasteiger partial charge in [-0.15, -0.1) is 0 Å². The van der Waals surface area contributed by atoms with Gasteiger partial charge in [0.15, 0.2) is 0 Å². The minimum atomic E-state index is 0.234. The van der Waals surface area contributed by atoms with E-state index in [-0.39, 0.29) is 10.8 Å². The van der Waals surface area contributed by atoms with Crippen molar-refractivity contribution < 1.29 is 4.74 Å². The van der Waals surface area contributed by atoms with Crippen LogP contribution in [-0.4, -0.2) is 26.8 Å². The van der Waals surface area contributed by atoms with Crippen LogP contribution in [-0.2, 0) is 16.6 Å². The zero-order valence-electron chi connectivity index (χ0n) is 12.8. The molecule has 1 atom stereocenters. The Balaban J connectivity index is 2.10. The van der Waals surface area contributed by atoms with Crippen LogP contribution in [0, 0.1) is 5.41 Å². The van der Waals surface area contributed by atoms with Gasteiger partial charge < -0.3 is 10.1 Å². The Morgan fingerprint density at radius 2 is 1.89 bits per heavy atom. The number of hydrogen-bond donors (Lipinski definition) is 1. The summed E-state index contributed by atoms with van der Waals surface area (Å²) in [7, 11) is 2.03. The van der Waals surface area contributed by atoms with Crippen molar-refractivity contribution in [2.45, 2.75) is 39.0 Å². The third kappa shape index (κ3) is 3.58. The maximum absolute atomic E-state index is 5.62. The Labute approximate surface area is 117 Å². The lowest BCUT2D eigenvalue weighted by molar-refractivity contribution is 0.150. The van der Waals surface area contributed by atoms with Crippen molar-refractivity contribution in [2.75, 3.05) is 26.8 Å². The third-order valence-corrected chi connectivity index (χ3v) is 4.14. The number of hydrogen-bond acceptors (Lipinski definition) is 2. The molecule has 0 amide bonds. The lowest BCUT2D eigenvalue weighted by atomic mass is 9.80. The molecule has 1 aliphatic heterocycles. The van der Waals surface area contributed by atoms with Crippen LogP contribution in [0.1, 0.15) is 38.3 Å². The fraction of sp³-hybridized carbons (Fsp3) is 0.647. The van der Waals surface area contributed by atoms with Crippen LogP contribution in [0.5, 0.6) is 0 Å². The summed E-state index contributed by atoms with van der Waals surface area (Å²) in [6, 6.07) is 9.13. The van der Waals surface area contributed by atoms with E-state index in [1.807, 2.05) is 7.05 Å². The third-order valence-electron chi connectivity index (χ3n) is 4.14. The highest BCUT2D eigenvalue weighted by molar-refractivity contribution is 5.28. The first-order valence-corrected chi connectivity index (χ1v) is 7.27. The van der Waals surface area contributed by atoms with E-state index in [0.29, 0.717) is 0 Å². The summed E-state index contributed by atoms with van der Waals surface area (Å²) in [4.78, 5) is 0. The van der Waals surface area contributed by atoms with Crippen LogP contribution in [0.4, 0.5) is 0 Å². The molecular weight excluding hydrogens is 234 g/mol. The smallest absolute Gasteiger partial charge is 0.0538 e. The molecule has 1 heterocycles. The normalized spacial score (nSPS) is 23.8. The van der Waals surface area contributed by atoms with Crippen molar-refractivity contribution in [3.8, 4) is 0 Å². The van der Waals surface area contributed by atoms with Crippen LogP contribution >= 0.6 is 0 Å². The van der Waals surface area contributed by atoms with Gasteiger partial charge in [0, 0.05) is 18.6 Å². The van der Waals surface area contributed by atoms with Crippen LogP contribution < -0.4 is 5.32 Å². The Morgan fingerprint density at radius 1 is 1.21 bits per heavy atom. The molecule has 1 fully saturated rings. The molecule has 2 nitrogen and oxygen atoms in total. The lowest BCUT2D eigenvalue weighted by Gasteiger charge is -2.27. The summed E-state index contributed by atoms with van der Waals surface area (Å²) in [6.07, 6.45) is 2.27. The molecule has 19 heavy (non-hydrogen) atoms. The van der Waals surface area contributed by atoms with Crippen molar-refractivity contribution in [2.24, 2.45) is 5.41 Å². The largest absolute Gasteiger partial charge is 0.381 e. The predicted octanol–water partition coefficient (Wildman–Crippen LogP) is 3.15. The average Bonchev–Trinajstić information content (AvgIpc) is 2.77. The van der Waals surface area contributed by atoms with E-state index >= 15 is 0 Å². The number of nitrogens with one attached hydrogen (secondary N) is 1. The highest BCUT2D eigenvalue weighted by atomic mass is 16.5. The van der Waals surface area contributed by atoms with Crippen molar-refractivity contribution in [1.29, 1.82) is 0 Å². The molecule has 1 aliphatic rings. The summed E-state index contributed by atoms with van der Waals surface area (Å²) >= 11 is 0. The SMILES string of the molecule is CNCC1(Cc2ccc(C(C)(C)C)cc2)CCOC1. The molecular formula is C17H27NO. The van der Waals surface area contributed by atoms with E-state index in [4.69, 9.17) is 4.74 Å². The van der Waals surface area contributed by atoms with Gasteiger partial charge in [0.05, 0.1) is 6.61 Å². The minimum absolute atomic E-state index is 0.234. The summed E-state index contributed by atoms with van der Waals surface area (Å²) in [5, 5.41) is 3.33. The maximum Gasteiger partial charge on any atom is 0.0538 e. The first-order valence-electron chi connectivity index (χ1n) is 7.27. The van der Waals surface area contributed by atoms with Crippen molar-refractivity contribution >= 4 is 0 Å². The highest BCUT2D eigenvalue weighted by Gasteiger charge is 2.34. The molecule has 0 spiro atoms. The topological polar surface area (TPSA) is 21.3 Å². The van der Waals surface area contributed by atoms with Crippen LogP contribution in [0.2, 0.25) is 0 Å². The first kappa shape index (κ1) is 14.5.